The normalized spacial score (nSPS) is 13.8. The van der Waals surface area contributed by atoms with Crippen LogP contribution in [0.15, 0.2) is 0 Å². The molecule has 118 valence electrons. The number of amides is 1. The molecule has 0 rings (SSSR count). The number of carbonyl (C=O) groups is 2. The molecule has 0 fully saturated rings. The van der Waals surface area contributed by atoms with Crippen molar-refractivity contribution in [2.24, 2.45) is 11.5 Å². The van der Waals surface area contributed by atoms with E-state index in [4.69, 9.17) is 21.7 Å². The Labute approximate surface area is 126 Å². The summed E-state index contributed by atoms with van der Waals surface area (Å²) in [5, 5.41) is 19.7. The number of rotatable bonds is 12. The summed E-state index contributed by atoms with van der Waals surface area (Å²) in [6, 6.07) is -1.21. The minimum Gasteiger partial charge on any atom is -0.396 e. The van der Waals surface area contributed by atoms with Crippen molar-refractivity contribution in [3.8, 4) is 0 Å². The average molecular weight is 325 g/mol. The number of aliphatic hydroxyl groups is 2. The molecular weight excluding hydrogens is 302 g/mol. The fourth-order valence-corrected chi connectivity index (χ4v) is 3.44. The summed E-state index contributed by atoms with van der Waals surface area (Å²) in [5.41, 5.74) is 11.3. The summed E-state index contributed by atoms with van der Waals surface area (Å²) in [4.78, 5) is 22.9. The molecule has 0 saturated carbocycles. The Hall–Kier alpha value is -0.320. The quantitative estimate of drug-likeness (QED) is 0.215. The van der Waals surface area contributed by atoms with Crippen LogP contribution >= 0.6 is 21.6 Å². The Morgan fingerprint density at radius 2 is 1.65 bits per heavy atom. The summed E-state index contributed by atoms with van der Waals surface area (Å²) in [5.74, 6) is 0.465. The molecule has 0 aromatic heterocycles. The first-order chi connectivity index (χ1) is 9.52. The summed E-state index contributed by atoms with van der Waals surface area (Å²) in [6.45, 7) is 0.0535. The van der Waals surface area contributed by atoms with Gasteiger partial charge in [0.25, 0.3) is 0 Å². The monoisotopic (exact) mass is 325 g/mol. The molecule has 1 amide bonds. The molecule has 9 heteroatoms. The maximum absolute atomic E-state index is 11.5. The fourth-order valence-electron chi connectivity index (χ4n) is 1.16. The molecule has 2 atom stereocenters. The van der Waals surface area contributed by atoms with E-state index in [-0.39, 0.29) is 37.9 Å². The molecule has 0 aromatic carbocycles. The smallest absolute Gasteiger partial charge is 0.237 e. The Morgan fingerprint density at radius 1 is 1.05 bits per heavy atom. The first-order valence-electron chi connectivity index (χ1n) is 6.30. The molecule has 0 saturated heterocycles. The van der Waals surface area contributed by atoms with Gasteiger partial charge in [0, 0.05) is 31.1 Å². The van der Waals surface area contributed by atoms with E-state index in [1.54, 1.807) is 0 Å². The maximum Gasteiger partial charge on any atom is 0.237 e. The maximum atomic E-state index is 11.5. The zero-order valence-electron chi connectivity index (χ0n) is 11.3. The summed E-state index contributed by atoms with van der Waals surface area (Å²) in [6.07, 6.45) is 0.715. The van der Waals surface area contributed by atoms with E-state index in [9.17, 15) is 9.59 Å². The van der Waals surface area contributed by atoms with E-state index in [1.165, 1.54) is 21.6 Å². The molecule has 0 radical (unpaired) electrons. The Kier molecular flexibility index (Phi) is 12.2. The number of ketones is 1. The third-order valence-electron chi connectivity index (χ3n) is 2.32. The number of nitrogens with two attached hydrogens (primary N) is 2. The van der Waals surface area contributed by atoms with Crippen LogP contribution in [0.5, 0.6) is 0 Å². The molecule has 20 heavy (non-hydrogen) atoms. The van der Waals surface area contributed by atoms with Gasteiger partial charge in [0.2, 0.25) is 5.91 Å². The second-order valence-corrected chi connectivity index (χ2v) is 6.64. The van der Waals surface area contributed by atoms with Gasteiger partial charge < -0.3 is 27.0 Å². The molecule has 7 nitrogen and oxygen atoms in total. The molecule has 0 aliphatic rings. The summed E-state index contributed by atoms with van der Waals surface area (Å²) in [7, 11) is 2.77. The van der Waals surface area contributed by atoms with E-state index in [0.717, 1.165) is 0 Å². The van der Waals surface area contributed by atoms with E-state index >= 15 is 0 Å². The van der Waals surface area contributed by atoms with Crippen molar-refractivity contribution in [2.75, 3.05) is 31.3 Å². The number of nitrogens with one attached hydrogen (secondary N) is 1. The van der Waals surface area contributed by atoms with E-state index in [1.807, 2.05) is 0 Å². The van der Waals surface area contributed by atoms with E-state index < -0.39 is 12.1 Å². The van der Waals surface area contributed by atoms with Crippen LogP contribution in [0.2, 0.25) is 0 Å². The van der Waals surface area contributed by atoms with Gasteiger partial charge in [0.15, 0.2) is 0 Å². The van der Waals surface area contributed by atoms with Crippen LogP contribution < -0.4 is 16.8 Å². The highest BCUT2D eigenvalue weighted by atomic mass is 33.1. The number of aliphatic hydroxyl groups excluding tert-OH is 2. The van der Waals surface area contributed by atoms with Crippen LogP contribution in [-0.2, 0) is 9.59 Å². The summed E-state index contributed by atoms with van der Waals surface area (Å²) < 4.78 is 0. The van der Waals surface area contributed by atoms with Crippen LogP contribution in [0, 0.1) is 0 Å². The van der Waals surface area contributed by atoms with Gasteiger partial charge in [0.1, 0.15) is 5.78 Å². The van der Waals surface area contributed by atoms with Gasteiger partial charge in [-0.3, -0.25) is 9.59 Å². The minimum absolute atomic E-state index is 0.0157. The lowest BCUT2D eigenvalue weighted by Gasteiger charge is -2.12. The predicted octanol–water partition coefficient (Wildman–Crippen LogP) is -1.53. The van der Waals surface area contributed by atoms with E-state index in [0.29, 0.717) is 17.9 Å². The lowest BCUT2D eigenvalue weighted by Crippen LogP contribution is -2.43. The first kappa shape index (κ1) is 19.7. The number of Topliss-reactive ketones (excluding diaryl/α,β-unsaturated/α-hetero) is 1. The van der Waals surface area contributed by atoms with Gasteiger partial charge in [-0.05, 0) is 6.42 Å². The van der Waals surface area contributed by atoms with Crippen molar-refractivity contribution < 1.29 is 19.8 Å². The van der Waals surface area contributed by atoms with Crippen molar-refractivity contribution in [1.29, 1.82) is 0 Å². The zero-order chi connectivity index (χ0) is 15.4. The lowest BCUT2D eigenvalue weighted by atomic mass is 10.1. The van der Waals surface area contributed by atoms with Gasteiger partial charge in [-0.15, -0.1) is 0 Å². The predicted molar refractivity (Wildman–Crippen MR) is 82.3 cm³/mol. The van der Waals surface area contributed by atoms with Crippen molar-refractivity contribution in [2.45, 2.75) is 24.9 Å². The molecule has 0 aromatic rings. The number of hydrogen-bond acceptors (Lipinski definition) is 8. The average Bonchev–Trinajstić information content (AvgIpc) is 2.45. The highest BCUT2D eigenvalue weighted by Crippen LogP contribution is 2.22. The molecule has 0 bridgehead atoms. The SMILES string of the molecule is N[C@@H](CSSC[C@H](N)C(=O)NCCO)C(=O)CCCO. The van der Waals surface area contributed by atoms with E-state index in [2.05, 4.69) is 5.32 Å². The third-order valence-corrected chi connectivity index (χ3v) is 4.79. The Balaban J connectivity index is 3.69. The Morgan fingerprint density at radius 3 is 2.20 bits per heavy atom. The van der Waals surface area contributed by atoms with Crippen LogP contribution in [0.4, 0.5) is 0 Å². The van der Waals surface area contributed by atoms with Crippen molar-refractivity contribution in [3.63, 3.8) is 0 Å². The molecule has 7 N–H and O–H groups in total. The van der Waals surface area contributed by atoms with Gasteiger partial charge in [-0.1, -0.05) is 21.6 Å². The van der Waals surface area contributed by atoms with Crippen LogP contribution in [0.25, 0.3) is 0 Å². The highest BCUT2D eigenvalue weighted by Gasteiger charge is 2.15. The molecule has 0 spiro atoms. The summed E-state index contributed by atoms with van der Waals surface area (Å²) >= 11 is 0. The third kappa shape index (κ3) is 9.56. The zero-order valence-corrected chi connectivity index (χ0v) is 12.9. The van der Waals surface area contributed by atoms with Crippen molar-refractivity contribution in [1.82, 2.24) is 5.32 Å². The number of hydrogen-bond donors (Lipinski definition) is 5. The second-order valence-electron chi connectivity index (χ2n) is 4.09. The van der Waals surface area contributed by atoms with Crippen molar-refractivity contribution in [3.05, 3.63) is 0 Å². The van der Waals surface area contributed by atoms with Crippen LogP contribution in [0.1, 0.15) is 12.8 Å². The van der Waals surface area contributed by atoms with Crippen molar-refractivity contribution >= 4 is 33.3 Å². The van der Waals surface area contributed by atoms with Gasteiger partial charge >= 0.3 is 0 Å². The fraction of sp³-hybridized carbons (Fsp3) is 0.818. The van der Waals surface area contributed by atoms with Gasteiger partial charge in [0.05, 0.1) is 18.7 Å². The molecular formula is C11H23N3O4S2. The largest absolute Gasteiger partial charge is 0.396 e. The minimum atomic E-state index is -0.652. The highest BCUT2D eigenvalue weighted by molar-refractivity contribution is 8.76. The van der Waals surface area contributed by atoms with Gasteiger partial charge in [-0.25, -0.2) is 0 Å². The molecule has 0 aliphatic heterocycles. The molecule has 0 aliphatic carbocycles. The van der Waals surface area contributed by atoms with Crippen LogP contribution in [-0.4, -0.2) is 65.3 Å². The second kappa shape index (κ2) is 12.4. The molecule has 0 unspecified atom stereocenters. The lowest BCUT2D eigenvalue weighted by molar-refractivity contribution is -0.122. The van der Waals surface area contributed by atoms with Gasteiger partial charge in [-0.2, -0.15) is 0 Å². The first-order valence-corrected chi connectivity index (χ1v) is 8.79. The Bertz CT molecular complexity index is 267. The standard InChI is InChI=1S/C11H23N3O4S2/c12-8(10(17)2-1-4-15)6-19-20-7-9(13)11(18)14-3-5-16/h8-9,15-16H,1-7,12-13H2,(H,14,18)/t8-,9-/m0/s1. The topological polar surface area (TPSA) is 139 Å². The molecule has 0 heterocycles. The van der Waals surface area contributed by atoms with Crippen LogP contribution in [0.3, 0.4) is 0 Å². The number of carbonyl (C=O) groups excluding carboxylic acids is 2.